The van der Waals surface area contributed by atoms with E-state index in [1.165, 1.54) is 0 Å². The molecule has 5 heteroatoms. The van der Waals surface area contributed by atoms with Gasteiger partial charge in [-0.3, -0.25) is 4.79 Å². The average Bonchev–Trinajstić information content (AvgIpc) is 2.38. The number of hydrogen-bond donors (Lipinski definition) is 2. The first-order valence-corrected chi connectivity index (χ1v) is 6.28. The Morgan fingerprint density at radius 1 is 1.35 bits per heavy atom. The Bertz CT molecular complexity index is 626. The van der Waals surface area contributed by atoms with Gasteiger partial charge in [-0.05, 0) is 37.7 Å². The summed E-state index contributed by atoms with van der Waals surface area (Å²) in [6, 6.07) is 10.8. The van der Waals surface area contributed by atoms with Crippen LogP contribution >= 0.6 is 0 Å². The number of ether oxygens (including phenoxy) is 1. The molecule has 0 saturated heterocycles. The molecule has 0 unspecified atom stereocenters. The van der Waals surface area contributed by atoms with Gasteiger partial charge in [-0.15, -0.1) is 0 Å². The molecule has 0 aliphatic rings. The first-order valence-electron chi connectivity index (χ1n) is 6.28. The number of aromatic nitrogens is 1. The number of amides is 1. The zero-order valence-corrected chi connectivity index (χ0v) is 11.5. The van der Waals surface area contributed by atoms with Crippen LogP contribution in [0.1, 0.15) is 21.6 Å². The molecule has 1 aromatic carbocycles. The normalized spacial score (nSPS) is 10.3. The average molecular weight is 271 g/mol. The van der Waals surface area contributed by atoms with E-state index in [-0.39, 0.29) is 0 Å². The van der Waals surface area contributed by atoms with E-state index in [4.69, 9.17) is 10.5 Å². The van der Waals surface area contributed by atoms with Crippen molar-refractivity contribution < 1.29 is 9.53 Å². The van der Waals surface area contributed by atoms with Crippen LogP contribution in [0.25, 0.3) is 0 Å². The summed E-state index contributed by atoms with van der Waals surface area (Å²) in [6.07, 6.45) is 0. The van der Waals surface area contributed by atoms with E-state index in [0.29, 0.717) is 22.9 Å². The number of aryl methyl sites for hydroxylation is 1. The number of benzene rings is 1. The van der Waals surface area contributed by atoms with Crippen LogP contribution in [0.15, 0.2) is 36.4 Å². The van der Waals surface area contributed by atoms with Crippen molar-refractivity contribution in [2.24, 2.45) is 5.73 Å². The second-order valence-electron chi connectivity index (χ2n) is 4.48. The minimum absolute atomic E-state index is 0.361. The van der Waals surface area contributed by atoms with Crippen LogP contribution in [-0.2, 0) is 6.54 Å². The monoisotopic (exact) mass is 271 g/mol. The molecule has 0 bridgehead atoms. The Kier molecular flexibility index (Phi) is 4.32. The molecule has 0 atom stereocenters. The van der Waals surface area contributed by atoms with Crippen molar-refractivity contribution in [2.45, 2.75) is 13.5 Å². The predicted octanol–water partition coefficient (Wildman–Crippen LogP) is 2.00. The zero-order chi connectivity index (χ0) is 14.5. The second-order valence-corrected chi connectivity index (χ2v) is 4.48. The van der Waals surface area contributed by atoms with E-state index < -0.39 is 5.91 Å². The zero-order valence-electron chi connectivity index (χ0n) is 11.5. The van der Waals surface area contributed by atoms with Crippen LogP contribution in [-0.4, -0.2) is 17.9 Å². The number of carbonyl (C=O) groups is 1. The predicted molar refractivity (Wildman–Crippen MR) is 76.8 cm³/mol. The Morgan fingerprint density at radius 2 is 2.15 bits per heavy atom. The van der Waals surface area contributed by atoms with Gasteiger partial charge in [0.05, 0.1) is 0 Å². The van der Waals surface area contributed by atoms with Crippen LogP contribution in [0, 0.1) is 6.92 Å². The van der Waals surface area contributed by atoms with Gasteiger partial charge in [0.15, 0.2) is 0 Å². The lowest BCUT2D eigenvalue weighted by Crippen LogP contribution is -2.11. The molecular formula is C15H17N3O2. The van der Waals surface area contributed by atoms with Crippen LogP contribution in [0.3, 0.4) is 0 Å². The van der Waals surface area contributed by atoms with Gasteiger partial charge >= 0.3 is 0 Å². The van der Waals surface area contributed by atoms with Crippen LogP contribution in [0.5, 0.6) is 11.6 Å². The summed E-state index contributed by atoms with van der Waals surface area (Å²) in [6.45, 7) is 2.54. The van der Waals surface area contributed by atoms with E-state index in [1.54, 1.807) is 19.1 Å². The van der Waals surface area contributed by atoms with E-state index in [2.05, 4.69) is 10.3 Å². The Morgan fingerprint density at radius 3 is 2.85 bits per heavy atom. The summed E-state index contributed by atoms with van der Waals surface area (Å²) < 4.78 is 5.69. The van der Waals surface area contributed by atoms with Crippen LogP contribution in [0.2, 0.25) is 0 Å². The van der Waals surface area contributed by atoms with E-state index in [0.717, 1.165) is 12.1 Å². The molecule has 3 N–H and O–H groups in total. The fraction of sp³-hybridized carbons (Fsp3) is 0.200. The van der Waals surface area contributed by atoms with Gasteiger partial charge in [-0.2, -0.15) is 0 Å². The fourth-order valence-corrected chi connectivity index (χ4v) is 1.88. The van der Waals surface area contributed by atoms with Gasteiger partial charge in [-0.25, -0.2) is 4.98 Å². The largest absolute Gasteiger partial charge is 0.439 e. The van der Waals surface area contributed by atoms with Gasteiger partial charge < -0.3 is 15.8 Å². The summed E-state index contributed by atoms with van der Waals surface area (Å²) >= 11 is 0. The molecule has 0 spiro atoms. The van der Waals surface area contributed by atoms with Crippen LogP contribution < -0.4 is 15.8 Å². The molecule has 1 heterocycles. The third-order valence-corrected chi connectivity index (χ3v) is 2.72. The number of hydrogen-bond acceptors (Lipinski definition) is 4. The number of nitrogens with zero attached hydrogens (tertiary/aromatic N) is 1. The molecule has 1 aromatic heterocycles. The molecule has 0 fully saturated rings. The van der Waals surface area contributed by atoms with Gasteiger partial charge in [0.2, 0.25) is 11.8 Å². The summed E-state index contributed by atoms with van der Waals surface area (Å²) in [5.41, 5.74) is 7.45. The molecule has 0 saturated carbocycles. The van der Waals surface area contributed by atoms with E-state index in [9.17, 15) is 4.79 Å². The Balaban J connectivity index is 2.25. The minimum atomic E-state index is -0.496. The maximum Gasteiger partial charge on any atom is 0.248 e. The van der Waals surface area contributed by atoms with E-state index in [1.807, 2.05) is 31.3 Å². The molecule has 0 aliphatic heterocycles. The SMILES string of the molecule is CNCc1cccc(Oc2cc(C(N)=O)cc(C)n2)c1. The van der Waals surface area contributed by atoms with Gasteiger partial charge in [0, 0.05) is 23.9 Å². The lowest BCUT2D eigenvalue weighted by Gasteiger charge is -2.08. The smallest absolute Gasteiger partial charge is 0.248 e. The maximum absolute atomic E-state index is 11.2. The molecule has 20 heavy (non-hydrogen) atoms. The number of pyridine rings is 1. The van der Waals surface area contributed by atoms with Crippen LogP contribution in [0.4, 0.5) is 0 Å². The Hall–Kier alpha value is -2.40. The number of primary amides is 1. The summed E-state index contributed by atoms with van der Waals surface area (Å²) in [4.78, 5) is 15.5. The molecular weight excluding hydrogens is 254 g/mol. The third-order valence-electron chi connectivity index (χ3n) is 2.72. The maximum atomic E-state index is 11.2. The molecule has 2 rings (SSSR count). The van der Waals surface area contributed by atoms with Crippen molar-refractivity contribution in [1.82, 2.24) is 10.3 Å². The second kappa shape index (κ2) is 6.16. The Labute approximate surface area is 117 Å². The first kappa shape index (κ1) is 14.0. The molecule has 2 aromatic rings. The topological polar surface area (TPSA) is 77.2 Å². The standard InChI is InChI=1S/C15H17N3O2/c1-10-6-12(15(16)19)8-14(18-10)20-13-5-3-4-11(7-13)9-17-2/h3-8,17H,9H2,1-2H3,(H2,16,19). The van der Waals surface area contributed by atoms with Crippen molar-refractivity contribution >= 4 is 5.91 Å². The summed E-state index contributed by atoms with van der Waals surface area (Å²) in [7, 11) is 1.88. The van der Waals surface area contributed by atoms with Gasteiger partial charge in [0.25, 0.3) is 0 Å². The number of carbonyl (C=O) groups excluding carboxylic acids is 1. The molecule has 5 nitrogen and oxygen atoms in total. The first-order chi connectivity index (χ1) is 9.58. The fourth-order valence-electron chi connectivity index (χ4n) is 1.88. The van der Waals surface area contributed by atoms with Crippen molar-refractivity contribution in [3.05, 3.63) is 53.2 Å². The van der Waals surface area contributed by atoms with Gasteiger partial charge in [-0.1, -0.05) is 12.1 Å². The highest BCUT2D eigenvalue weighted by Crippen LogP contribution is 2.22. The van der Waals surface area contributed by atoms with E-state index >= 15 is 0 Å². The number of rotatable bonds is 5. The molecule has 0 radical (unpaired) electrons. The summed E-state index contributed by atoms with van der Waals surface area (Å²) in [5.74, 6) is 0.538. The van der Waals surface area contributed by atoms with Crippen molar-refractivity contribution in [2.75, 3.05) is 7.05 Å². The lowest BCUT2D eigenvalue weighted by atomic mass is 10.2. The van der Waals surface area contributed by atoms with Crippen molar-refractivity contribution in [1.29, 1.82) is 0 Å². The van der Waals surface area contributed by atoms with Gasteiger partial charge in [0.1, 0.15) is 5.75 Å². The highest BCUT2D eigenvalue weighted by Gasteiger charge is 2.07. The highest BCUT2D eigenvalue weighted by atomic mass is 16.5. The van der Waals surface area contributed by atoms with Crippen molar-refractivity contribution in [3.8, 4) is 11.6 Å². The molecule has 0 aliphatic carbocycles. The van der Waals surface area contributed by atoms with Crippen molar-refractivity contribution in [3.63, 3.8) is 0 Å². The minimum Gasteiger partial charge on any atom is -0.439 e. The quantitative estimate of drug-likeness (QED) is 0.872. The lowest BCUT2D eigenvalue weighted by molar-refractivity contribution is 0.0999. The molecule has 104 valence electrons. The number of nitrogens with two attached hydrogens (primary N) is 1. The third kappa shape index (κ3) is 3.55. The molecule has 1 amide bonds. The summed E-state index contributed by atoms with van der Waals surface area (Å²) in [5, 5.41) is 3.08. The highest BCUT2D eigenvalue weighted by molar-refractivity contribution is 5.93. The number of nitrogens with one attached hydrogen (secondary N) is 1.